The lowest BCUT2D eigenvalue weighted by Gasteiger charge is -2.24. The Balaban J connectivity index is 1.89. The molecule has 0 atom stereocenters. The summed E-state index contributed by atoms with van der Waals surface area (Å²) < 4.78 is 6.03. The molecule has 0 spiro atoms. The van der Waals surface area contributed by atoms with Gasteiger partial charge in [0.1, 0.15) is 11.9 Å². The molecule has 0 unspecified atom stereocenters. The molecule has 1 N–H and O–H groups in total. The van der Waals surface area contributed by atoms with Gasteiger partial charge in [0.05, 0.1) is 11.7 Å². The first kappa shape index (κ1) is 10.5. The third kappa shape index (κ3) is 2.22. The van der Waals surface area contributed by atoms with Crippen molar-refractivity contribution < 1.29 is 4.74 Å². The maximum absolute atomic E-state index is 6.03. The van der Waals surface area contributed by atoms with Crippen LogP contribution >= 0.6 is 0 Å². The van der Waals surface area contributed by atoms with Crippen LogP contribution in [0.1, 0.15) is 12.8 Å². The quantitative estimate of drug-likeness (QED) is 0.852. The van der Waals surface area contributed by atoms with Gasteiger partial charge in [0.2, 0.25) is 0 Å². The van der Waals surface area contributed by atoms with E-state index in [1.807, 2.05) is 24.3 Å². The van der Waals surface area contributed by atoms with E-state index >= 15 is 0 Å². The summed E-state index contributed by atoms with van der Waals surface area (Å²) in [5, 5.41) is 12.5. The highest BCUT2D eigenvalue weighted by molar-refractivity contribution is 5.83. The van der Waals surface area contributed by atoms with Crippen LogP contribution in [0.25, 0.3) is 10.9 Å². The van der Waals surface area contributed by atoms with Crippen LogP contribution in [0.15, 0.2) is 30.5 Å². The lowest BCUT2D eigenvalue weighted by Crippen LogP contribution is -2.34. The molecular weight excluding hydrogens is 214 g/mol. The molecule has 0 amide bonds. The van der Waals surface area contributed by atoms with Gasteiger partial charge in [-0.1, -0.05) is 12.1 Å². The van der Waals surface area contributed by atoms with Gasteiger partial charge >= 0.3 is 0 Å². The van der Waals surface area contributed by atoms with Crippen molar-refractivity contribution in [3.8, 4) is 5.75 Å². The van der Waals surface area contributed by atoms with Crippen LogP contribution in [0.4, 0.5) is 0 Å². The first-order valence-electron chi connectivity index (χ1n) is 6.01. The average Bonchev–Trinajstić information content (AvgIpc) is 2.40. The molecule has 2 heterocycles. The average molecular weight is 229 g/mol. The second-order valence-corrected chi connectivity index (χ2v) is 4.29. The van der Waals surface area contributed by atoms with Crippen LogP contribution < -0.4 is 10.1 Å². The number of nitrogens with one attached hydrogen (secondary N) is 1. The SMILES string of the molecule is c1ccc2c(OC3CCNCC3)cnnc2c1. The molecule has 1 aromatic heterocycles. The zero-order chi connectivity index (χ0) is 11.5. The number of nitrogens with zero attached hydrogens (tertiary/aromatic N) is 2. The van der Waals surface area contributed by atoms with Gasteiger partial charge in [-0.05, 0) is 38.1 Å². The van der Waals surface area contributed by atoms with Gasteiger partial charge in [0.25, 0.3) is 0 Å². The molecule has 3 rings (SSSR count). The van der Waals surface area contributed by atoms with E-state index in [9.17, 15) is 0 Å². The zero-order valence-electron chi connectivity index (χ0n) is 9.60. The summed E-state index contributed by atoms with van der Waals surface area (Å²) in [4.78, 5) is 0. The smallest absolute Gasteiger partial charge is 0.149 e. The Kier molecular flexibility index (Phi) is 2.88. The monoisotopic (exact) mass is 229 g/mol. The van der Waals surface area contributed by atoms with Gasteiger partial charge in [0, 0.05) is 5.39 Å². The van der Waals surface area contributed by atoms with E-state index < -0.39 is 0 Å². The van der Waals surface area contributed by atoms with E-state index in [2.05, 4.69) is 15.5 Å². The van der Waals surface area contributed by atoms with Crippen LogP contribution in [0.3, 0.4) is 0 Å². The molecule has 0 aliphatic carbocycles. The highest BCUT2D eigenvalue weighted by Gasteiger charge is 2.15. The Hall–Kier alpha value is -1.68. The molecule has 4 nitrogen and oxygen atoms in total. The fraction of sp³-hybridized carbons (Fsp3) is 0.385. The van der Waals surface area contributed by atoms with Gasteiger partial charge in [0.15, 0.2) is 0 Å². The van der Waals surface area contributed by atoms with Gasteiger partial charge in [-0.25, -0.2) is 0 Å². The fourth-order valence-electron chi connectivity index (χ4n) is 2.17. The van der Waals surface area contributed by atoms with Gasteiger partial charge in [-0.15, -0.1) is 0 Å². The summed E-state index contributed by atoms with van der Waals surface area (Å²) >= 11 is 0. The van der Waals surface area contributed by atoms with Crippen molar-refractivity contribution in [1.29, 1.82) is 0 Å². The molecule has 1 fully saturated rings. The second-order valence-electron chi connectivity index (χ2n) is 4.29. The molecule has 1 saturated heterocycles. The highest BCUT2D eigenvalue weighted by atomic mass is 16.5. The van der Waals surface area contributed by atoms with E-state index in [0.29, 0.717) is 6.10 Å². The first-order valence-corrected chi connectivity index (χ1v) is 6.01. The number of aromatic nitrogens is 2. The van der Waals surface area contributed by atoms with Crippen LogP contribution in [0.2, 0.25) is 0 Å². The molecule has 1 aliphatic rings. The zero-order valence-corrected chi connectivity index (χ0v) is 9.60. The Morgan fingerprint density at radius 3 is 2.88 bits per heavy atom. The normalized spacial score (nSPS) is 17.2. The molecule has 1 aromatic carbocycles. The molecule has 0 bridgehead atoms. The minimum absolute atomic E-state index is 0.295. The van der Waals surface area contributed by atoms with Gasteiger partial charge in [-0.3, -0.25) is 0 Å². The second kappa shape index (κ2) is 4.67. The van der Waals surface area contributed by atoms with Crippen LogP contribution in [0, 0.1) is 0 Å². The van der Waals surface area contributed by atoms with Crippen molar-refractivity contribution in [3.05, 3.63) is 30.5 Å². The number of piperidine rings is 1. The minimum Gasteiger partial charge on any atom is -0.488 e. The number of hydrogen-bond donors (Lipinski definition) is 1. The molecule has 17 heavy (non-hydrogen) atoms. The Morgan fingerprint density at radius 1 is 1.18 bits per heavy atom. The molecule has 0 radical (unpaired) electrons. The topological polar surface area (TPSA) is 47.0 Å². The largest absolute Gasteiger partial charge is 0.488 e. The number of rotatable bonds is 2. The minimum atomic E-state index is 0.295. The Labute approximate surface area is 100 Å². The van der Waals surface area contributed by atoms with Crippen molar-refractivity contribution in [3.63, 3.8) is 0 Å². The number of hydrogen-bond acceptors (Lipinski definition) is 4. The summed E-state index contributed by atoms with van der Waals surface area (Å²) in [5.74, 6) is 0.850. The molecular formula is C13H15N3O. The molecule has 1 aliphatic heterocycles. The standard InChI is InChI=1S/C13H15N3O/c1-2-4-12-11(3-1)13(9-15-16-12)17-10-5-7-14-8-6-10/h1-4,9-10,14H,5-8H2. The van der Waals surface area contributed by atoms with E-state index in [4.69, 9.17) is 4.74 Å². The predicted octanol–water partition coefficient (Wildman–Crippen LogP) is 1.76. The first-order chi connectivity index (χ1) is 8.43. The molecule has 2 aromatic rings. The predicted molar refractivity (Wildman–Crippen MR) is 66.1 cm³/mol. The maximum atomic E-state index is 6.03. The third-order valence-electron chi connectivity index (χ3n) is 3.09. The third-order valence-corrected chi connectivity index (χ3v) is 3.09. The van der Waals surface area contributed by atoms with E-state index in [1.165, 1.54) is 0 Å². The summed E-state index contributed by atoms with van der Waals surface area (Å²) in [6.45, 7) is 2.06. The van der Waals surface area contributed by atoms with Gasteiger partial charge in [-0.2, -0.15) is 10.2 Å². The summed E-state index contributed by atoms with van der Waals surface area (Å²) in [6, 6.07) is 7.95. The molecule has 4 heteroatoms. The van der Waals surface area contributed by atoms with E-state index in [0.717, 1.165) is 42.6 Å². The Bertz CT molecular complexity index is 503. The summed E-state index contributed by atoms with van der Waals surface area (Å²) in [7, 11) is 0. The lowest BCUT2D eigenvalue weighted by atomic mass is 10.1. The van der Waals surface area contributed by atoms with Gasteiger partial charge < -0.3 is 10.1 Å². The van der Waals surface area contributed by atoms with Crippen LogP contribution in [0.5, 0.6) is 5.75 Å². The molecule has 0 saturated carbocycles. The summed E-state index contributed by atoms with van der Waals surface area (Å²) in [5.41, 5.74) is 0.888. The molecule has 88 valence electrons. The van der Waals surface area contributed by atoms with Crippen LogP contribution in [-0.2, 0) is 0 Å². The number of benzene rings is 1. The van der Waals surface area contributed by atoms with Crippen molar-refractivity contribution in [2.24, 2.45) is 0 Å². The van der Waals surface area contributed by atoms with E-state index in [1.54, 1.807) is 6.20 Å². The van der Waals surface area contributed by atoms with Crippen molar-refractivity contribution in [2.45, 2.75) is 18.9 Å². The number of fused-ring (bicyclic) bond motifs is 1. The Morgan fingerprint density at radius 2 is 2.00 bits per heavy atom. The summed E-state index contributed by atoms with van der Waals surface area (Å²) in [6.07, 6.45) is 4.11. The highest BCUT2D eigenvalue weighted by Crippen LogP contribution is 2.24. The van der Waals surface area contributed by atoms with Crippen molar-refractivity contribution >= 4 is 10.9 Å². The van der Waals surface area contributed by atoms with Crippen molar-refractivity contribution in [1.82, 2.24) is 15.5 Å². The maximum Gasteiger partial charge on any atom is 0.149 e. The van der Waals surface area contributed by atoms with Crippen molar-refractivity contribution in [2.75, 3.05) is 13.1 Å². The fourth-order valence-corrected chi connectivity index (χ4v) is 2.17. The lowest BCUT2D eigenvalue weighted by molar-refractivity contribution is 0.164. The van der Waals surface area contributed by atoms with Crippen LogP contribution in [-0.4, -0.2) is 29.4 Å². The van der Waals surface area contributed by atoms with E-state index in [-0.39, 0.29) is 0 Å². The number of ether oxygens (including phenoxy) is 1.